The average molecular weight is 294 g/mol. The molecular weight excluding hydrogens is 282 g/mol. The SMILES string of the molecule is Cc1cc(Nc2cccc(Br)c2)nc(NN)n1. The third-order valence-corrected chi connectivity index (χ3v) is 2.57. The van der Waals surface area contributed by atoms with E-state index in [2.05, 4.69) is 36.6 Å². The molecule has 0 fully saturated rings. The monoisotopic (exact) mass is 293 g/mol. The summed E-state index contributed by atoms with van der Waals surface area (Å²) >= 11 is 3.41. The van der Waals surface area contributed by atoms with Crippen LogP contribution in [0.4, 0.5) is 17.5 Å². The van der Waals surface area contributed by atoms with Gasteiger partial charge in [-0.1, -0.05) is 22.0 Å². The van der Waals surface area contributed by atoms with Crippen LogP contribution in [0.5, 0.6) is 0 Å². The van der Waals surface area contributed by atoms with Crippen molar-refractivity contribution in [2.24, 2.45) is 5.84 Å². The minimum Gasteiger partial charge on any atom is -0.340 e. The molecule has 0 aliphatic rings. The number of aryl methyl sites for hydroxylation is 1. The van der Waals surface area contributed by atoms with Crippen LogP contribution in [0, 0.1) is 6.92 Å². The minimum atomic E-state index is 0.391. The molecule has 0 spiro atoms. The van der Waals surface area contributed by atoms with Gasteiger partial charge >= 0.3 is 0 Å². The molecule has 5 nitrogen and oxygen atoms in total. The Labute approximate surface area is 108 Å². The lowest BCUT2D eigenvalue weighted by atomic mass is 10.3. The number of halogens is 1. The molecule has 0 saturated carbocycles. The second kappa shape index (κ2) is 5.11. The van der Waals surface area contributed by atoms with Crippen LogP contribution in [-0.4, -0.2) is 9.97 Å². The van der Waals surface area contributed by atoms with Gasteiger partial charge in [-0.15, -0.1) is 0 Å². The predicted octanol–water partition coefficient (Wildman–Crippen LogP) is 2.58. The van der Waals surface area contributed by atoms with Crippen molar-refractivity contribution in [2.45, 2.75) is 6.92 Å². The van der Waals surface area contributed by atoms with Crippen molar-refractivity contribution in [1.29, 1.82) is 0 Å². The highest BCUT2D eigenvalue weighted by molar-refractivity contribution is 9.10. The predicted molar refractivity (Wildman–Crippen MR) is 72.0 cm³/mol. The molecule has 0 unspecified atom stereocenters. The van der Waals surface area contributed by atoms with Gasteiger partial charge in [0.1, 0.15) is 5.82 Å². The van der Waals surface area contributed by atoms with Crippen LogP contribution in [-0.2, 0) is 0 Å². The fraction of sp³-hybridized carbons (Fsp3) is 0.0909. The number of nitrogens with one attached hydrogen (secondary N) is 2. The highest BCUT2D eigenvalue weighted by atomic mass is 79.9. The standard InChI is InChI=1S/C11H12BrN5/c1-7-5-10(16-11(14-7)17-13)15-9-4-2-3-8(12)6-9/h2-6H,13H2,1H3,(H2,14,15,16,17). The number of hydrazine groups is 1. The van der Waals surface area contributed by atoms with E-state index in [1.165, 1.54) is 0 Å². The zero-order valence-corrected chi connectivity index (χ0v) is 10.8. The number of benzene rings is 1. The zero-order chi connectivity index (χ0) is 12.3. The molecule has 1 heterocycles. The molecule has 0 atom stereocenters. The molecule has 0 saturated heterocycles. The summed E-state index contributed by atoms with van der Waals surface area (Å²) in [5.74, 6) is 6.38. The summed E-state index contributed by atoms with van der Waals surface area (Å²) < 4.78 is 1.01. The minimum absolute atomic E-state index is 0.391. The first-order valence-electron chi connectivity index (χ1n) is 5.02. The van der Waals surface area contributed by atoms with Gasteiger partial charge < -0.3 is 5.32 Å². The molecular formula is C11H12BrN5. The lowest BCUT2D eigenvalue weighted by Gasteiger charge is -2.08. The van der Waals surface area contributed by atoms with Crippen molar-refractivity contribution in [1.82, 2.24) is 9.97 Å². The molecule has 6 heteroatoms. The Bertz CT molecular complexity index is 529. The third kappa shape index (κ3) is 3.15. The Morgan fingerprint density at radius 3 is 2.76 bits per heavy atom. The summed E-state index contributed by atoms with van der Waals surface area (Å²) in [6, 6.07) is 9.68. The first-order valence-corrected chi connectivity index (χ1v) is 5.81. The van der Waals surface area contributed by atoms with Gasteiger partial charge in [0, 0.05) is 21.9 Å². The van der Waals surface area contributed by atoms with E-state index in [1.54, 1.807) is 0 Å². The molecule has 0 aliphatic heterocycles. The maximum atomic E-state index is 5.29. The maximum absolute atomic E-state index is 5.29. The Hall–Kier alpha value is -1.66. The maximum Gasteiger partial charge on any atom is 0.239 e. The Morgan fingerprint density at radius 1 is 1.24 bits per heavy atom. The fourth-order valence-corrected chi connectivity index (χ4v) is 1.81. The molecule has 0 aliphatic carbocycles. The largest absolute Gasteiger partial charge is 0.340 e. The number of anilines is 3. The second-order valence-electron chi connectivity index (χ2n) is 3.50. The first-order chi connectivity index (χ1) is 8.17. The van der Waals surface area contributed by atoms with E-state index < -0.39 is 0 Å². The number of nitrogen functional groups attached to an aromatic ring is 1. The number of rotatable bonds is 3. The summed E-state index contributed by atoms with van der Waals surface area (Å²) in [4.78, 5) is 8.32. The quantitative estimate of drug-likeness (QED) is 0.599. The molecule has 0 bridgehead atoms. The highest BCUT2D eigenvalue weighted by Crippen LogP contribution is 2.20. The molecule has 17 heavy (non-hydrogen) atoms. The molecule has 0 radical (unpaired) electrons. The number of aromatic nitrogens is 2. The van der Waals surface area contributed by atoms with Gasteiger partial charge in [0.05, 0.1) is 0 Å². The zero-order valence-electron chi connectivity index (χ0n) is 9.24. The van der Waals surface area contributed by atoms with E-state index in [1.807, 2.05) is 37.3 Å². The summed E-state index contributed by atoms with van der Waals surface area (Å²) in [6.07, 6.45) is 0. The fourth-order valence-electron chi connectivity index (χ4n) is 1.41. The van der Waals surface area contributed by atoms with Gasteiger partial charge in [0.15, 0.2) is 0 Å². The van der Waals surface area contributed by atoms with Crippen molar-refractivity contribution in [3.63, 3.8) is 0 Å². The molecule has 88 valence electrons. The van der Waals surface area contributed by atoms with Crippen molar-refractivity contribution in [2.75, 3.05) is 10.7 Å². The molecule has 1 aromatic carbocycles. The van der Waals surface area contributed by atoms with Crippen LogP contribution in [0.15, 0.2) is 34.8 Å². The van der Waals surface area contributed by atoms with Crippen LogP contribution >= 0.6 is 15.9 Å². The van der Waals surface area contributed by atoms with Gasteiger partial charge in [0.2, 0.25) is 5.95 Å². The van der Waals surface area contributed by atoms with E-state index in [-0.39, 0.29) is 0 Å². The van der Waals surface area contributed by atoms with Crippen LogP contribution < -0.4 is 16.6 Å². The van der Waals surface area contributed by atoms with Gasteiger partial charge in [-0.2, -0.15) is 4.98 Å². The van der Waals surface area contributed by atoms with Crippen LogP contribution in [0.1, 0.15) is 5.69 Å². The normalized spacial score (nSPS) is 10.1. The molecule has 2 rings (SSSR count). The summed E-state index contributed by atoms with van der Waals surface area (Å²) in [5.41, 5.74) is 4.22. The van der Waals surface area contributed by atoms with Crippen LogP contribution in [0.25, 0.3) is 0 Å². The number of nitrogens with two attached hydrogens (primary N) is 1. The number of hydrogen-bond donors (Lipinski definition) is 3. The average Bonchev–Trinajstić information content (AvgIpc) is 2.28. The van der Waals surface area contributed by atoms with Crippen molar-refractivity contribution < 1.29 is 0 Å². The van der Waals surface area contributed by atoms with Crippen LogP contribution in [0.3, 0.4) is 0 Å². The van der Waals surface area contributed by atoms with Gasteiger partial charge in [0.25, 0.3) is 0 Å². The molecule has 2 aromatic rings. The van der Waals surface area contributed by atoms with E-state index in [9.17, 15) is 0 Å². The third-order valence-electron chi connectivity index (χ3n) is 2.08. The summed E-state index contributed by atoms with van der Waals surface area (Å²) in [6.45, 7) is 1.88. The molecule has 0 amide bonds. The van der Waals surface area contributed by atoms with E-state index >= 15 is 0 Å². The number of nitrogens with zero attached hydrogens (tertiary/aromatic N) is 2. The second-order valence-corrected chi connectivity index (χ2v) is 4.41. The lowest BCUT2D eigenvalue weighted by molar-refractivity contribution is 1.07. The topological polar surface area (TPSA) is 75.9 Å². The Balaban J connectivity index is 2.26. The Morgan fingerprint density at radius 2 is 2.06 bits per heavy atom. The van der Waals surface area contributed by atoms with Crippen molar-refractivity contribution >= 4 is 33.4 Å². The summed E-state index contributed by atoms with van der Waals surface area (Å²) in [5, 5.41) is 3.18. The Kier molecular flexibility index (Phi) is 3.55. The lowest BCUT2D eigenvalue weighted by Crippen LogP contribution is -2.11. The van der Waals surface area contributed by atoms with Crippen molar-refractivity contribution in [3.05, 3.63) is 40.5 Å². The van der Waals surface area contributed by atoms with Gasteiger partial charge in [-0.25, -0.2) is 10.8 Å². The van der Waals surface area contributed by atoms with Gasteiger partial charge in [-0.05, 0) is 25.1 Å². The van der Waals surface area contributed by atoms with Gasteiger partial charge in [-0.3, -0.25) is 5.43 Å². The van der Waals surface area contributed by atoms with E-state index in [0.717, 1.165) is 15.9 Å². The summed E-state index contributed by atoms with van der Waals surface area (Å²) in [7, 11) is 0. The molecule has 4 N–H and O–H groups in total. The number of hydrogen-bond acceptors (Lipinski definition) is 5. The highest BCUT2D eigenvalue weighted by Gasteiger charge is 2.01. The smallest absolute Gasteiger partial charge is 0.239 e. The first kappa shape index (κ1) is 11.8. The molecule has 1 aromatic heterocycles. The van der Waals surface area contributed by atoms with Crippen LogP contribution in [0.2, 0.25) is 0 Å². The van der Waals surface area contributed by atoms with E-state index in [0.29, 0.717) is 11.8 Å². The van der Waals surface area contributed by atoms with Crippen molar-refractivity contribution in [3.8, 4) is 0 Å². The van der Waals surface area contributed by atoms with E-state index in [4.69, 9.17) is 5.84 Å².